The third kappa shape index (κ3) is 59.8. The molecule has 0 fully saturated rings. The Morgan fingerprint density at radius 3 is 1.21 bits per heavy atom. The number of hydrogen-bond acceptors (Lipinski definition) is 7. The molecule has 0 aliphatic rings. The van der Waals surface area contributed by atoms with Crippen molar-refractivity contribution in [2.45, 2.75) is 309 Å². The first-order chi connectivity index (χ1) is 38.9. The topological polar surface area (TPSA) is 114 Å². The molecule has 0 spiro atoms. The second kappa shape index (κ2) is 59.4. The van der Waals surface area contributed by atoms with Crippen molar-refractivity contribution >= 4 is 19.7 Å². The molecule has 1 N–H and O–H groups in total. The summed E-state index contributed by atoms with van der Waals surface area (Å²) in [5.41, 5.74) is 0. The molecule has 0 aliphatic heterocycles. The van der Waals surface area contributed by atoms with Crippen LogP contribution in [0, 0.1) is 0 Å². The van der Waals surface area contributed by atoms with E-state index in [1.807, 2.05) is 33.3 Å². The van der Waals surface area contributed by atoms with E-state index in [2.05, 4.69) is 99.0 Å². The van der Waals surface area contributed by atoms with Gasteiger partial charge in [0.05, 0.1) is 33.8 Å². The fourth-order valence-electron chi connectivity index (χ4n) is 9.43. The van der Waals surface area contributed by atoms with E-state index >= 15 is 0 Å². The van der Waals surface area contributed by atoms with Gasteiger partial charge in [0, 0.05) is 12.8 Å². The molecule has 0 heterocycles. The van der Waals surface area contributed by atoms with Crippen LogP contribution in [0.2, 0.25) is 0 Å². The largest absolute Gasteiger partial charge is 0.756 e. The monoisotopic (exact) mass is 1140 g/mol. The number of hydrogen-bond donors (Lipinski definition) is 1. The highest BCUT2D eigenvalue weighted by molar-refractivity contribution is 7.45. The first kappa shape index (κ1) is 77.2. The fourth-order valence-corrected chi connectivity index (χ4v) is 10.1. The average Bonchev–Trinajstić information content (AvgIpc) is 3.42. The summed E-state index contributed by atoms with van der Waals surface area (Å²) in [4.78, 5) is 40.1. The lowest BCUT2D eigenvalue weighted by Gasteiger charge is -2.30. The summed E-state index contributed by atoms with van der Waals surface area (Å²) in [5.74, 6) is -0.550. The molecule has 0 aliphatic carbocycles. The highest BCUT2D eigenvalue weighted by Gasteiger charge is 2.27. The molecule has 0 saturated carbocycles. The Morgan fingerprint density at radius 2 is 0.800 bits per heavy atom. The molecule has 9 nitrogen and oxygen atoms in total. The van der Waals surface area contributed by atoms with Crippen LogP contribution in [0.4, 0.5) is 0 Å². The third-order valence-electron chi connectivity index (χ3n) is 14.6. The van der Waals surface area contributed by atoms with Crippen LogP contribution >= 0.6 is 7.82 Å². The first-order valence-corrected chi connectivity index (χ1v) is 34.9. The molecule has 1 amide bonds. The van der Waals surface area contributed by atoms with E-state index in [9.17, 15) is 19.0 Å². The van der Waals surface area contributed by atoms with Gasteiger partial charge in [-0.25, -0.2) is 0 Å². The van der Waals surface area contributed by atoms with Crippen molar-refractivity contribution in [2.75, 3.05) is 40.9 Å². The van der Waals surface area contributed by atoms with Gasteiger partial charge in [-0.15, -0.1) is 0 Å². The zero-order valence-electron chi connectivity index (χ0n) is 53.0. The minimum Gasteiger partial charge on any atom is -0.756 e. The van der Waals surface area contributed by atoms with Gasteiger partial charge < -0.3 is 28.5 Å². The van der Waals surface area contributed by atoms with Crippen LogP contribution in [-0.4, -0.2) is 69.4 Å². The number of nitrogens with zero attached hydrogens (tertiary/aromatic N) is 1. The number of carbonyl (C=O) groups is 2. The van der Waals surface area contributed by atoms with Gasteiger partial charge in [-0.05, 0) is 102 Å². The summed E-state index contributed by atoms with van der Waals surface area (Å²) in [7, 11) is 1.18. The van der Waals surface area contributed by atoms with E-state index < -0.39 is 26.6 Å². The number of esters is 1. The van der Waals surface area contributed by atoms with Crippen molar-refractivity contribution < 1.29 is 37.3 Å². The predicted molar refractivity (Wildman–Crippen MR) is 344 cm³/mol. The Balaban J connectivity index is 5.15. The smallest absolute Gasteiger partial charge is 0.306 e. The zero-order chi connectivity index (χ0) is 58.6. The lowest BCUT2D eigenvalue weighted by atomic mass is 10.0. The maximum Gasteiger partial charge on any atom is 0.306 e. The van der Waals surface area contributed by atoms with E-state index in [-0.39, 0.29) is 24.9 Å². The van der Waals surface area contributed by atoms with Gasteiger partial charge in [0.25, 0.3) is 7.82 Å². The van der Waals surface area contributed by atoms with Crippen molar-refractivity contribution in [3.05, 3.63) is 85.1 Å². The van der Waals surface area contributed by atoms with Gasteiger partial charge in [-0.1, -0.05) is 267 Å². The van der Waals surface area contributed by atoms with Crippen LogP contribution in [0.15, 0.2) is 85.1 Å². The zero-order valence-corrected chi connectivity index (χ0v) is 53.9. The van der Waals surface area contributed by atoms with Crippen molar-refractivity contribution in [1.82, 2.24) is 5.32 Å². The molecule has 0 radical (unpaired) electrons. The van der Waals surface area contributed by atoms with Crippen LogP contribution in [-0.2, 0) is 27.9 Å². The summed E-state index contributed by atoms with van der Waals surface area (Å²) in [6.07, 6.45) is 78.3. The fraction of sp³-hybridized carbons (Fsp3) is 0.771. The van der Waals surface area contributed by atoms with Crippen LogP contribution in [0.5, 0.6) is 0 Å². The standard InChI is InChI=1S/C70H127N2O7P/c1-7-10-13-16-19-22-25-28-30-32-33-34-35-36-37-38-39-41-43-45-48-51-54-57-60-63-70(74)79-68(61-58-55-52-49-46-27-24-21-18-15-12-9-3)67(66-78-80(75,76)77-65-64-72(4,5)6)71-69(73)62-59-56-53-50-47-44-42-40-31-29-26-23-20-17-14-11-8-2/h10,13,19,22,28-31,33-34,36-37,58,61,67-68H,7-9,11-12,14-18,20-21,23-27,32,35,38-57,59-60,62-66H2,1-6H3,(H-,71,73,75,76)/b13-10-,22-19-,30-28-,31-29+,34-33-,37-36-,61-58-. The Morgan fingerprint density at radius 1 is 0.450 bits per heavy atom. The number of ether oxygens (including phenoxy) is 1. The van der Waals surface area contributed by atoms with Crippen molar-refractivity contribution in [2.24, 2.45) is 0 Å². The maximum atomic E-state index is 13.6. The van der Waals surface area contributed by atoms with Crippen molar-refractivity contribution in [1.29, 1.82) is 0 Å². The van der Waals surface area contributed by atoms with Crippen LogP contribution in [0.25, 0.3) is 0 Å². The molecule has 0 aromatic carbocycles. The van der Waals surface area contributed by atoms with E-state index in [1.54, 1.807) is 0 Å². The van der Waals surface area contributed by atoms with Crippen LogP contribution in [0.3, 0.4) is 0 Å². The molecule has 3 unspecified atom stereocenters. The van der Waals surface area contributed by atoms with Gasteiger partial charge >= 0.3 is 5.97 Å². The number of amides is 1. The summed E-state index contributed by atoms with van der Waals surface area (Å²) in [6.45, 7) is 6.73. The summed E-state index contributed by atoms with van der Waals surface area (Å²) in [6, 6.07) is -0.897. The molecule has 80 heavy (non-hydrogen) atoms. The van der Waals surface area contributed by atoms with Gasteiger partial charge in [0.15, 0.2) is 0 Å². The summed E-state index contributed by atoms with van der Waals surface area (Å²) < 4.78 is 30.4. The molecule has 0 rings (SSSR count). The molecule has 0 aromatic rings. The van der Waals surface area contributed by atoms with Crippen molar-refractivity contribution in [3.8, 4) is 0 Å². The number of likely N-dealkylation sites (N-methyl/N-ethyl adjacent to an activating group) is 1. The van der Waals surface area contributed by atoms with Crippen LogP contribution < -0.4 is 10.2 Å². The van der Waals surface area contributed by atoms with E-state index in [4.69, 9.17) is 13.8 Å². The Bertz CT molecular complexity index is 1640. The number of nitrogens with one attached hydrogen (secondary N) is 1. The average molecular weight is 1140 g/mol. The highest BCUT2D eigenvalue weighted by Crippen LogP contribution is 2.38. The molecular formula is C70H127N2O7P. The second-order valence-electron chi connectivity index (χ2n) is 23.6. The number of carbonyl (C=O) groups excluding carboxylic acids is 2. The minimum atomic E-state index is -4.71. The molecule has 10 heteroatoms. The maximum absolute atomic E-state index is 13.6. The highest BCUT2D eigenvalue weighted by atomic mass is 31.2. The molecular weight excluding hydrogens is 1010 g/mol. The van der Waals surface area contributed by atoms with Gasteiger partial charge in [-0.3, -0.25) is 14.2 Å². The third-order valence-corrected chi connectivity index (χ3v) is 15.5. The van der Waals surface area contributed by atoms with Gasteiger partial charge in [0.1, 0.15) is 19.3 Å². The van der Waals surface area contributed by atoms with Gasteiger partial charge in [-0.2, -0.15) is 0 Å². The van der Waals surface area contributed by atoms with E-state index in [1.165, 1.54) is 148 Å². The van der Waals surface area contributed by atoms with E-state index in [0.717, 1.165) is 116 Å². The number of rotatable bonds is 60. The quantitative estimate of drug-likeness (QED) is 0.0212. The number of unbranched alkanes of at least 4 members (excludes halogenated alkanes) is 32. The van der Waals surface area contributed by atoms with Crippen LogP contribution in [0.1, 0.15) is 297 Å². The first-order valence-electron chi connectivity index (χ1n) is 33.4. The lowest BCUT2D eigenvalue weighted by Crippen LogP contribution is -2.47. The SMILES string of the molecule is CC/C=C\C/C=C\C/C=C\C/C=C\C/C=C\CCCCCCCCCCCC(=O)OC(/C=C\CCCCCCCCCCCC)C(COP(=O)([O-])OCC[N+](C)(C)C)NC(=O)CCCCCCCCC/C=C/CCCCCCCC. The minimum absolute atomic E-state index is 0.0265. The lowest BCUT2D eigenvalue weighted by molar-refractivity contribution is -0.870. The number of phosphoric acid groups is 1. The summed E-state index contributed by atoms with van der Waals surface area (Å²) in [5, 5.41) is 3.03. The Hall–Kier alpha value is -2.81. The van der Waals surface area contributed by atoms with E-state index in [0.29, 0.717) is 17.4 Å². The predicted octanol–water partition coefficient (Wildman–Crippen LogP) is 20.3. The normalized spacial score (nSPS) is 14.1. The number of quaternary nitrogens is 1. The molecule has 0 saturated heterocycles. The molecule has 0 aromatic heterocycles. The number of allylic oxidation sites excluding steroid dienone is 13. The molecule has 3 atom stereocenters. The van der Waals surface area contributed by atoms with Crippen molar-refractivity contribution in [3.63, 3.8) is 0 Å². The molecule has 0 bridgehead atoms. The summed E-state index contributed by atoms with van der Waals surface area (Å²) >= 11 is 0. The Labute approximate surface area is 495 Å². The number of phosphoric ester groups is 1. The molecule has 464 valence electrons. The Kier molecular flexibility index (Phi) is 57.3. The second-order valence-corrected chi connectivity index (χ2v) is 25.0. The van der Waals surface area contributed by atoms with Gasteiger partial charge in [0.2, 0.25) is 5.91 Å².